The third-order valence-corrected chi connectivity index (χ3v) is 3.97. The predicted molar refractivity (Wildman–Crippen MR) is 105 cm³/mol. The zero-order valence-electron chi connectivity index (χ0n) is 15.5. The maximum atomic E-state index is 12.2. The van der Waals surface area contributed by atoms with Gasteiger partial charge in [-0.05, 0) is 51.4 Å². The lowest BCUT2D eigenvalue weighted by atomic mass is 10.2. The molecule has 0 fully saturated rings. The fourth-order valence-electron chi connectivity index (χ4n) is 2.10. The molecule has 0 bridgehead atoms. The topological polar surface area (TPSA) is 46.5 Å². The molecule has 0 aliphatic rings. The summed E-state index contributed by atoms with van der Waals surface area (Å²) in [7, 11) is -4.79. The first-order chi connectivity index (χ1) is 12.1. The molecule has 0 aromatic carbocycles. The molecular weight excluding hydrogens is 338 g/mol. The summed E-state index contributed by atoms with van der Waals surface area (Å²) >= 11 is 0. The molecular formula is C20H34FO3P. The third kappa shape index (κ3) is 23.0. The second-order valence-electron chi connectivity index (χ2n) is 5.87. The average molecular weight is 372 g/mol. The van der Waals surface area contributed by atoms with Crippen LogP contribution in [0.1, 0.15) is 71.1 Å². The molecule has 0 saturated carbocycles. The summed E-state index contributed by atoms with van der Waals surface area (Å²) < 4.78 is 26.6. The third-order valence-electron chi connectivity index (χ3n) is 3.47. The van der Waals surface area contributed by atoms with Crippen molar-refractivity contribution in [2.24, 2.45) is 0 Å². The minimum atomic E-state index is -4.79. The van der Waals surface area contributed by atoms with Crippen LogP contribution in [0.3, 0.4) is 0 Å². The number of rotatable bonds is 16. The van der Waals surface area contributed by atoms with Gasteiger partial charge in [0, 0.05) is 0 Å². The molecule has 0 aromatic heterocycles. The van der Waals surface area contributed by atoms with Crippen molar-refractivity contribution >= 4 is 7.91 Å². The van der Waals surface area contributed by atoms with E-state index in [1.165, 1.54) is 25.7 Å². The molecule has 0 amide bonds. The molecule has 3 nitrogen and oxygen atoms in total. The molecule has 0 aliphatic heterocycles. The van der Waals surface area contributed by atoms with Crippen LogP contribution in [-0.2, 0) is 9.09 Å². The van der Waals surface area contributed by atoms with Crippen molar-refractivity contribution in [1.29, 1.82) is 0 Å². The molecule has 0 radical (unpaired) electrons. The Kier molecular flexibility index (Phi) is 17.2. The van der Waals surface area contributed by atoms with Gasteiger partial charge in [0.1, 0.15) is 0 Å². The van der Waals surface area contributed by atoms with E-state index in [4.69, 9.17) is 4.89 Å². The summed E-state index contributed by atoms with van der Waals surface area (Å²) in [6, 6.07) is 0. The molecule has 0 spiro atoms. The van der Waals surface area contributed by atoms with Crippen molar-refractivity contribution in [3.8, 4) is 0 Å². The van der Waals surface area contributed by atoms with Crippen LogP contribution in [0.2, 0.25) is 0 Å². The summed E-state index contributed by atoms with van der Waals surface area (Å²) in [5.74, 6) is 0. The van der Waals surface area contributed by atoms with E-state index in [1.54, 1.807) is 0 Å². The first kappa shape index (κ1) is 24.0. The predicted octanol–water partition coefficient (Wildman–Crippen LogP) is 7.22. The number of hydrogen-bond donors (Lipinski definition) is 1. The maximum Gasteiger partial charge on any atom is 0.510 e. The van der Waals surface area contributed by atoms with E-state index in [-0.39, 0.29) is 6.61 Å². The Balaban J connectivity index is 3.42. The molecule has 0 aromatic rings. The van der Waals surface area contributed by atoms with E-state index < -0.39 is 7.91 Å². The number of hydrogen-bond acceptors (Lipinski definition) is 2. The van der Waals surface area contributed by atoms with Crippen LogP contribution in [0.25, 0.3) is 0 Å². The lowest BCUT2D eigenvalue weighted by molar-refractivity contribution is 0.222. The number of halogens is 1. The molecule has 0 saturated heterocycles. The Morgan fingerprint density at radius 3 is 1.68 bits per heavy atom. The van der Waals surface area contributed by atoms with E-state index >= 15 is 0 Å². The molecule has 1 atom stereocenters. The largest absolute Gasteiger partial charge is 0.510 e. The fraction of sp³-hybridized carbons (Fsp3) is 0.600. The SMILES string of the molecule is CCCCCC=CCC=CCC=CCC=CCCCCOP(=O)(O)F. The first-order valence-electron chi connectivity index (χ1n) is 9.33. The van der Waals surface area contributed by atoms with E-state index in [2.05, 4.69) is 60.1 Å². The van der Waals surface area contributed by atoms with Crippen LogP contribution in [0.4, 0.5) is 4.20 Å². The molecule has 1 unspecified atom stereocenters. The Hall–Kier alpha value is -0.960. The molecule has 0 aliphatic carbocycles. The van der Waals surface area contributed by atoms with E-state index in [0.717, 1.165) is 32.1 Å². The Bertz CT molecular complexity index is 450. The second kappa shape index (κ2) is 17.8. The van der Waals surface area contributed by atoms with E-state index in [0.29, 0.717) is 6.42 Å². The van der Waals surface area contributed by atoms with Crippen molar-refractivity contribution in [3.05, 3.63) is 48.6 Å². The minimum absolute atomic E-state index is 0.0156. The summed E-state index contributed by atoms with van der Waals surface area (Å²) in [6.07, 6.45) is 27.5. The highest BCUT2D eigenvalue weighted by Crippen LogP contribution is 2.43. The lowest BCUT2D eigenvalue weighted by Gasteiger charge is -2.01. The van der Waals surface area contributed by atoms with Crippen molar-refractivity contribution < 1.29 is 18.2 Å². The minimum Gasteiger partial charge on any atom is -0.299 e. The summed E-state index contributed by atoms with van der Waals surface area (Å²) in [5, 5.41) is 0. The first-order valence-corrected chi connectivity index (χ1v) is 10.8. The highest BCUT2D eigenvalue weighted by Gasteiger charge is 2.15. The average Bonchev–Trinajstić information content (AvgIpc) is 2.56. The Morgan fingerprint density at radius 1 is 0.800 bits per heavy atom. The molecule has 25 heavy (non-hydrogen) atoms. The van der Waals surface area contributed by atoms with Crippen molar-refractivity contribution in [1.82, 2.24) is 0 Å². The zero-order valence-corrected chi connectivity index (χ0v) is 16.4. The summed E-state index contributed by atoms with van der Waals surface area (Å²) in [6.45, 7) is 2.21. The summed E-state index contributed by atoms with van der Waals surface area (Å²) in [4.78, 5) is 8.30. The van der Waals surface area contributed by atoms with Gasteiger partial charge in [0.2, 0.25) is 0 Å². The van der Waals surface area contributed by atoms with Gasteiger partial charge in [0.25, 0.3) is 0 Å². The van der Waals surface area contributed by atoms with Crippen LogP contribution in [0.15, 0.2) is 48.6 Å². The normalized spacial score (nSPS) is 15.2. The zero-order chi connectivity index (χ0) is 18.6. The molecule has 5 heteroatoms. The second-order valence-corrected chi connectivity index (χ2v) is 7.03. The van der Waals surface area contributed by atoms with Crippen LogP contribution < -0.4 is 0 Å². The van der Waals surface area contributed by atoms with Gasteiger partial charge in [-0.15, -0.1) is 4.20 Å². The highest BCUT2D eigenvalue weighted by atomic mass is 31.2. The number of allylic oxidation sites excluding steroid dienone is 8. The van der Waals surface area contributed by atoms with Gasteiger partial charge in [-0.25, -0.2) is 4.57 Å². The fourth-order valence-corrected chi connectivity index (χ4v) is 2.46. The quantitative estimate of drug-likeness (QED) is 0.177. The lowest BCUT2D eigenvalue weighted by Crippen LogP contribution is -1.89. The van der Waals surface area contributed by atoms with Gasteiger partial charge in [-0.3, -0.25) is 9.42 Å². The monoisotopic (exact) mass is 372 g/mol. The van der Waals surface area contributed by atoms with E-state index in [1.807, 2.05) is 0 Å². The van der Waals surface area contributed by atoms with Gasteiger partial charge in [0.05, 0.1) is 6.61 Å². The van der Waals surface area contributed by atoms with Crippen LogP contribution in [-0.4, -0.2) is 11.5 Å². The molecule has 0 heterocycles. The molecule has 0 rings (SSSR count). The smallest absolute Gasteiger partial charge is 0.299 e. The van der Waals surface area contributed by atoms with Crippen LogP contribution in [0.5, 0.6) is 0 Å². The standard InChI is InChI=1S/C20H34FO3P/c1-2-3-4-5-6-7-8-9-10-11-12-13-14-15-16-17-18-19-20-24-25(21,22)23/h6-7,9-10,12-13,15-16H,2-5,8,11,14,17-20H2,1H3,(H,22,23). The molecule has 1 N–H and O–H groups in total. The van der Waals surface area contributed by atoms with Crippen LogP contribution >= 0.6 is 7.91 Å². The van der Waals surface area contributed by atoms with Crippen molar-refractivity contribution in [2.75, 3.05) is 6.61 Å². The van der Waals surface area contributed by atoms with Crippen molar-refractivity contribution in [3.63, 3.8) is 0 Å². The highest BCUT2D eigenvalue weighted by molar-refractivity contribution is 7.46. The van der Waals surface area contributed by atoms with Gasteiger partial charge in [-0.2, -0.15) is 0 Å². The Morgan fingerprint density at radius 2 is 1.24 bits per heavy atom. The Labute approximate surface area is 153 Å². The van der Waals surface area contributed by atoms with Gasteiger partial charge < -0.3 is 0 Å². The van der Waals surface area contributed by atoms with Crippen LogP contribution in [0, 0.1) is 0 Å². The van der Waals surface area contributed by atoms with Gasteiger partial charge >= 0.3 is 7.91 Å². The van der Waals surface area contributed by atoms with Gasteiger partial charge in [-0.1, -0.05) is 68.4 Å². The number of unbranched alkanes of at least 4 members (excludes halogenated alkanes) is 5. The van der Waals surface area contributed by atoms with Gasteiger partial charge in [0.15, 0.2) is 0 Å². The maximum absolute atomic E-state index is 12.2. The molecule has 144 valence electrons. The van der Waals surface area contributed by atoms with Crippen molar-refractivity contribution in [2.45, 2.75) is 71.1 Å². The van der Waals surface area contributed by atoms with E-state index in [9.17, 15) is 8.76 Å². The summed E-state index contributed by atoms with van der Waals surface area (Å²) in [5.41, 5.74) is 0.